The van der Waals surface area contributed by atoms with Gasteiger partial charge in [-0.1, -0.05) is 24.3 Å². The zero-order valence-electron chi connectivity index (χ0n) is 10.6. The first-order valence-corrected chi connectivity index (χ1v) is 5.97. The maximum Gasteiger partial charge on any atom is 0.169 e. The maximum atomic E-state index is 5.93. The number of ether oxygens (including phenoxy) is 2. The number of benzene rings is 2. The van der Waals surface area contributed by atoms with Crippen molar-refractivity contribution >= 4 is 5.69 Å². The minimum atomic E-state index is 0.601. The van der Waals surface area contributed by atoms with Crippen molar-refractivity contribution in [3.63, 3.8) is 0 Å². The summed E-state index contributed by atoms with van der Waals surface area (Å²) in [5.41, 5.74) is 7.55. The van der Waals surface area contributed by atoms with Crippen LogP contribution >= 0.6 is 0 Å². The van der Waals surface area contributed by atoms with Crippen LogP contribution in [0.4, 0.5) is 5.69 Å². The Morgan fingerprint density at radius 1 is 1.00 bits per heavy atom. The van der Waals surface area contributed by atoms with Gasteiger partial charge < -0.3 is 15.2 Å². The van der Waals surface area contributed by atoms with E-state index in [0.717, 1.165) is 11.3 Å². The lowest BCUT2D eigenvalue weighted by Crippen LogP contribution is -1.98. The number of nitrogen functional groups attached to an aromatic ring is 1. The highest BCUT2D eigenvalue weighted by Crippen LogP contribution is 2.35. The number of nitrogens with two attached hydrogens (primary N) is 1. The Balaban J connectivity index is 2.34. The largest absolute Gasteiger partial charge is 0.490 e. The fourth-order valence-electron chi connectivity index (χ4n) is 1.73. The van der Waals surface area contributed by atoms with E-state index in [9.17, 15) is 0 Å². The van der Waals surface area contributed by atoms with E-state index < -0.39 is 0 Å². The molecule has 0 spiro atoms. The molecule has 0 heterocycles. The normalized spacial score (nSPS) is 10.1. The van der Waals surface area contributed by atoms with Crippen LogP contribution in [0.25, 0.3) is 0 Å². The van der Waals surface area contributed by atoms with E-state index >= 15 is 0 Å². The van der Waals surface area contributed by atoms with Gasteiger partial charge >= 0.3 is 0 Å². The third-order valence-electron chi connectivity index (χ3n) is 2.60. The summed E-state index contributed by atoms with van der Waals surface area (Å²) >= 11 is 0. The Kier molecular flexibility index (Phi) is 3.72. The molecule has 0 saturated heterocycles. The Morgan fingerprint density at radius 3 is 2.39 bits per heavy atom. The van der Waals surface area contributed by atoms with Crippen LogP contribution in [0.1, 0.15) is 12.5 Å². The van der Waals surface area contributed by atoms with E-state index in [-0.39, 0.29) is 0 Å². The van der Waals surface area contributed by atoms with Gasteiger partial charge in [-0.05, 0) is 37.6 Å². The van der Waals surface area contributed by atoms with Crippen LogP contribution in [0.3, 0.4) is 0 Å². The molecule has 0 atom stereocenters. The van der Waals surface area contributed by atoms with Gasteiger partial charge in [0, 0.05) is 0 Å². The molecule has 0 radical (unpaired) electrons. The Labute approximate surface area is 107 Å². The average molecular weight is 243 g/mol. The molecule has 0 bridgehead atoms. The lowest BCUT2D eigenvalue weighted by molar-refractivity contribution is 0.321. The van der Waals surface area contributed by atoms with E-state index in [0.29, 0.717) is 23.8 Å². The van der Waals surface area contributed by atoms with E-state index in [1.807, 2.05) is 56.3 Å². The fourth-order valence-corrected chi connectivity index (χ4v) is 1.73. The van der Waals surface area contributed by atoms with Gasteiger partial charge in [0.1, 0.15) is 0 Å². The van der Waals surface area contributed by atoms with Crippen LogP contribution in [0, 0.1) is 6.92 Å². The molecule has 0 fully saturated rings. The highest BCUT2D eigenvalue weighted by molar-refractivity contribution is 5.58. The Hall–Kier alpha value is -2.16. The van der Waals surface area contributed by atoms with E-state index in [2.05, 4.69) is 0 Å². The summed E-state index contributed by atoms with van der Waals surface area (Å²) in [7, 11) is 0. The van der Waals surface area contributed by atoms with Crippen LogP contribution in [-0.2, 0) is 0 Å². The van der Waals surface area contributed by atoms with Crippen molar-refractivity contribution in [2.24, 2.45) is 0 Å². The molecule has 0 aliphatic heterocycles. The van der Waals surface area contributed by atoms with Gasteiger partial charge in [-0.15, -0.1) is 0 Å². The van der Waals surface area contributed by atoms with Crippen molar-refractivity contribution in [1.82, 2.24) is 0 Å². The van der Waals surface area contributed by atoms with Gasteiger partial charge in [0.05, 0.1) is 12.3 Å². The van der Waals surface area contributed by atoms with Crippen molar-refractivity contribution < 1.29 is 9.47 Å². The minimum Gasteiger partial charge on any atom is -0.490 e. The van der Waals surface area contributed by atoms with E-state index in [1.165, 1.54) is 0 Å². The van der Waals surface area contributed by atoms with Crippen LogP contribution < -0.4 is 15.2 Å². The fraction of sp³-hybridized carbons (Fsp3) is 0.200. The second-order valence-electron chi connectivity index (χ2n) is 3.98. The lowest BCUT2D eigenvalue weighted by atomic mass is 10.2. The van der Waals surface area contributed by atoms with Gasteiger partial charge in [-0.25, -0.2) is 0 Å². The minimum absolute atomic E-state index is 0.601. The smallest absolute Gasteiger partial charge is 0.169 e. The summed E-state index contributed by atoms with van der Waals surface area (Å²) in [5, 5.41) is 0. The van der Waals surface area contributed by atoms with Gasteiger partial charge in [0.25, 0.3) is 0 Å². The first-order chi connectivity index (χ1) is 8.72. The molecule has 3 heteroatoms. The SMILES string of the molecule is CCOc1ccccc1Oc1c(C)cccc1N. The van der Waals surface area contributed by atoms with Crippen molar-refractivity contribution in [2.45, 2.75) is 13.8 Å². The van der Waals surface area contributed by atoms with Crippen molar-refractivity contribution in [2.75, 3.05) is 12.3 Å². The predicted octanol–water partition coefficient (Wildman–Crippen LogP) is 3.77. The summed E-state index contributed by atoms with van der Waals surface area (Å²) in [4.78, 5) is 0. The van der Waals surface area contributed by atoms with Gasteiger partial charge in [-0.2, -0.15) is 0 Å². The summed E-state index contributed by atoms with van der Waals surface area (Å²) in [6, 6.07) is 13.3. The van der Waals surface area contributed by atoms with E-state index in [4.69, 9.17) is 15.2 Å². The summed E-state index contributed by atoms with van der Waals surface area (Å²) < 4.78 is 11.4. The molecule has 0 saturated carbocycles. The highest BCUT2D eigenvalue weighted by atomic mass is 16.5. The summed E-state index contributed by atoms with van der Waals surface area (Å²) in [6.45, 7) is 4.51. The molecule has 94 valence electrons. The molecule has 0 aliphatic rings. The molecule has 2 N–H and O–H groups in total. The number of hydrogen-bond acceptors (Lipinski definition) is 3. The van der Waals surface area contributed by atoms with Crippen molar-refractivity contribution in [3.05, 3.63) is 48.0 Å². The molecule has 0 aliphatic carbocycles. The van der Waals surface area contributed by atoms with Crippen molar-refractivity contribution in [1.29, 1.82) is 0 Å². The Bertz CT molecular complexity index is 518. The highest BCUT2D eigenvalue weighted by Gasteiger charge is 2.09. The first kappa shape index (κ1) is 12.3. The summed E-state index contributed by atoms with van der Waals surface area (Å²) in [6.07, 6.45) is 0. The second kappa shape index (κ2) is 5.45. The quantitative estimate of drug-likeness (QED) is 0.831. The molecule has 2 aromatic rings. The van der Waals surface area contributed by atoms with Gasteiger partial charge in [-0.3, -0.25) is 0 Å². The molecule has 0 aromatic heterocycles. The molecule has 18 heavy (non-hydrogen) atoms. The number of aryl methyl sites for hydroxylation is 1. The molecule has 2 aromatic carbocycles. The molecular formula is C15H17NO2. The maximum absolute atomic E-state index is 5.93. The molecular weight excluding hydrogens is 226 g/mol. The van der Waals surface area contributed by atoms with Gasteiger partial charge in [0.2, 0.25) is 0 Å². The zero-order valence-corrected chi connectivity index (χ0v) is 10.6. The van der Waals surface area contributed by atoms with E-state index in [1.54, 1.807) is 0 Å². The predicted molar refractivity (Wildman–Crippen MR) is 73.3 cm³/mol. The number of rotatable bonds is 4. The summed E-state index contributed by atoms with van der Waals surface area (Å²) in [5.74, 6) is 2.09. The molecule has 2 rings (SSSR count). The monoisotopic (exact) mass is 243 g/mol. The first-order valence-electron chi connectivity index (χ1n) is 5.97. The number of para-hydroxylation sites is 3. The average Bonchev–Trinajstić information content (AvgIpc) is 2.36. The third kappa shape index (κ3) is 2.56. The van der Waals surface area contributed by atoms with Gasteiger partial charge in [0.15, 0.2) is 17.2 Å². The van der Waals surface area contributed by atoms with Crippen LogP contribution in [0.5, 0.6) is 17.2 Å². The van der Waals surface area contributed by atoms with Crippen molar-refractivity contribution in [3.8, 4) is 17.2 Å². The molecule has 3 nitrogen and oxygen atoms in total. The second-order valence-corrected chi connectivity index (χ2v) is 3.98. The standard InChI is InChI=1S/C15H17NO2/c1-3-17-13-9-4-5-10-14(13)18-15-11(2)7-6-8-12(15)16/h4-10H,3,16H2,1-2H3. The van der Waals surface area contributed by atoms with Crippen LogP contribution in [0.2, 0.25) is 0 Å². The third-order valence-corrected chi connectivity index (χ3v) is 2.60. The number of anilines is 1. The molecule has 0 amide bonds. The van der Waals surface area contributed by atoms with Crippen LogP contribution in [0.15, 0.2) is 42.5 Å². The zero-order chi connectivity index (χ0) is 13.0. The van der Waals surface area contributed by atoms with Crippen LogP contribution in [-0.4, -0.2) is 6.61 Å². The Morgan fingerprint density at radius 2 is 1.72 bits per heavy atom. The topological polar surface area (TPSA) is 44.5 Å². The molecule has 0 unspecified atom stereocenters. The number of hydrogen-bond donors (Lipinski definition) is 1. The lowest BCUT2D eigenvalue weighted by Gasteiger charge is -2.14.